The Kier molecular flexibility index (Phi) is 5.85. The summed E-state index contributed by atoms with van der Waals surface area (Å²) < 4.78 is 29.1. The van der Waals surface area contributed by atoms with Gasteiger partial charge in [0.05, 0.1) is 31.4 Å². The van der Waals surface area contributed by atoms with E-state index in [4.69, 9.17) is 0 Å². The minimum Gasteiger partial charge on any atom is -0.258 e. The van der Waals surface area contributed by atoms with Crippen molar-refractivity contribution in [3.63, 3.8) is 0 Å². The van der Waals surface area contributed by atoms with Crippen LogP contribution in [0.15, 0.2) is 114 Å². The Hall–Kier alpha value is -5.42. The van der Waals surface area contributed by atoms with Gasteiger partial charge in [0.15, 0.2) is 5.65 Å². The molecule has 0 bridgehead atoms. The normalized spacial score (nSPS) is 11.6. The first-order valence-corrected chi connectivity index (χ1v) is 13.4. The van der Waals surface area contributed by atoms with Gasteiger partial charge in [0.25, 0.3) is 21.4 Å². The predicted molar refractivity (Wildman–Crippen MR) is 150 cm³/mol. The van der Waals surface area contributed by atoms with E-state index in [1.54, 1.807) is 78.9 Å². The molecule has 2 aromatic heterocycles. The summed E-state index contributed by atoms with van der Waals surface area (Å²) in [5.74, 6) is 0. The maximum Gasteiger partial charge on any atom is 0.277 e. The van der Waals surface area contributed by atoms with Crippen molar-refractivity contribution in [3.8, 4) is 22.3 Å². The molecule has 0 N–H and O–H groups in total. The lowest BCUT2D eigenvalue weighted by Crippen LogP contribution is -2.13. The van der Waals surface area contributed by atoms with Crippen molar-refractivity contribution in [2.75, 3.05) is 0 Å². The number of nitrogens with zero attached hydrogens (tertiary/aromatic N) is 4. The summed E-state index contributed by atoms with van der Waals surface area (Å²) in [5, 5.41) is 24.5. The number of para-hydroxylation sites is 2. The van der Waals surface area contributed by atoms with Crippen LogP contribution in [0.25, 0.3) is 44.2 Å². The van der Waals surface area contributed by atoms with E-state index in [9.17, 15) is 28.6 Å². The molecule has 0 aliphatic rings. The molecule has 2 heterocycles. The second-order valence-electron chi connectivity index (χ2n) is 8.92. The fraction of sp³-hybridized carbons (Fsp3) is 0. The van der Waals surface area contributed by atoms with E-state index in [1.165, 1.54) is 30.5 Å². The lowest BCUT2D eigenvalue weighted by molar-refractivity contribution is -0.384. The maximum atomic E-state index is 14.0. The van der Waals surface area contributed by atoms with Gasteiger partial charge in [-0.25, -0.2) is 17.4 Å². The molecule has 6 aromatic rings. The molecule has 0 atom stereocenters. The van der Waals surface area contributed by atoms with Gasteiger partial charge in [-0.1, -0.05) is 48.5 Å². The zero-order valence-electron chi connectivity index (χ0n) is 20.5. The van der Waals surface area contributed by atoms with Crippen LogP contribution in [-0.2, 0) is 10.0 Å². The molecule has 10 nitrogen and oxygen atoms in total. The Balaban J connectivity index is 1.77. The quantitative estimate of drug-likeness (QED) is 0.169. The third-order valence-electron chi connectivity index (χ3n) is 6.69. The SMILES string of the molecule is O=[N+]([O-])c1ccccc1-c1ccc2c(c1)c1c(-c3ccccc3[N+](=O)[O-])ccnc1n2S(=O)(=O)c1ccccc1. The molecule has 0 amide bonds. The first-order chi connectivity index (χ1) is 19.3. The molecule has 0 aliphatic carbocycles. The lowest BCUT2D eigenvalue weighted by Gasteiger charge is -2.09. The molecule has 0 saturated carbocycles. The van der Waals surface area contributed by atoms with E-state index in [2.05, 4.69) is 4.98 Å². The van der Waals surface area contributed by atoms with Gasteiger partial charge < -0.3 is 0 Å². The molecule has 0 fully saturated rings. The van der Waals surface area contributed by atoms with Gasteiger partial charge in [-0.05, 0) is 48.0 Å². The Morgan fingerprint density at radius 3 is 1.95 bits per heavy atom. The van der Waals surface area contributed by atoms with Crippen LogP contribution in [0.5, 0.6) is 0 Å². The van der Waals surface area contributed by atoms with Crippen LogP contribution in [0.3, 0.4) is 0 Å². The van der Waals surface area contributed by atoms with Crippen LogP contribution in [0.4, 0.5) is 11.4 Å². The number of hydrogen-bond donors (Lipinski definition) is 0. The number of rotatable bonds is 6. The van der Waals surface area contributed by atoms with Gasteiger partial charge in [0.1, 0.15) is 0 Å². The fourth-order valence-corrected chi connectivity index (χ4v) is 6.46. The van der Waals surface area contributed by atoms with Crippen LogP contribution in [0.1, 0.15) is 0 Å². The zero-order valence-corrected chi connectivity index (χ0v) is 21.4. The molecular weight excluding hydrogens is 532 g/mol. The zero-order chi connectivity index (χ0) is 28.0. The summed E-state index contributed by atoms with van der Waals surface area (Å²) in [6.45, 7) is 0. The Labute approximate surface area is 227 Å². The number of benzene rings is 4. The number of aromatic nitrogens is 2. The van der Waals surface area contributed by atoms with Crippen LogP contribution in [0.2, 0.25) is 0 Å². The molecule has 40 heavy (non-hydrogen) atoms. The number of nitro groups is 2. The predicted octanol–water partition coefficient (Wildman–Crippen LogP) is 6.58. The Morgan fingerprint density at radius 1 is 0.675 bits per heavy atom. The maximum absolute atomic E-state index is 14.0. The minimum absolute atomic E-state index is 0.0365. The highest BCUT2D eigenvalue weighted by atomic mass is 32.2. The van der Waals surface area contributed by atoms with E-state index >= 15 is 0 Å². The minimum atomic E-state index is -4.16. The molecule has 6 rings (SSSR count). The third-order valence-corrected chi connectivity index (χ3v) is 8.41. The molecule has 0 unspecified atom stereocenters. The number of pyridine rings is 1. The van der Waals surface area contributed by atoms with Crippen LogP contribution in [0, 0.1) is 20.2 Å². The van der Waals surface area contributed by atoms with Crippen LogP contribution < -0.4 is 0 Å². The second-order valence-corrected chi connectivity index (χ2v) is 10.7. The molecule has 0 saturated heterocycles. The first-order valence-electron chi connectivity index (χ1n) is 12.0. The van der Waals surface area contributed by atoms with Crippen molar-refractivity contribution in [2.24, 2.45) is 0 Å². The Bertz CT molecular complexity index is 2090. The summed E-state index contributed by atoms with van der Waals surface area (Å²) >= 11 is 0. The van der Waals surface area contributed by atoms with Crippen molar-refractivity contribution in [1.29, 1.82) is 0 Å². The average Bonchev–Trinajstić information content (AvgIpc) is 3.32. The molecule has 0 aliphatic heterocycles. The third kappa shape index (κ3) is 3.87. The van der Waals surface area contributed by atoms with E-state index in [1.807, 2.05) is 0 Å². The molecule has 0 radical (unpaired) electrons. The van der Waals surface area contributed by atoms with Gasteiger partial charge in [-0.2, -0.15) is 0 Å². The van der Waals surface area contributed by atoms with Crippen molar-refractivity contribution in [3.05, 3.63) is 130 Å². The monoisotopic (exact) mass is 550 g/mol. The molecule has 196 valence electrons. The van der Waals surface area contributed by atoms with Crippen LogP contribution in [-0.4, -0.2) is 27.2 Å². The Morgan fingerprint density at radius 2 is 1.27 bits per heavy atom. The second kappa shape index (κ2) is 9.40. The number of hydrogen-bond acceptors (Lipinski definition) is 7. The van der Waals surface area contributed by atoms with Gasteiger partial charge in [0.2, 0.25) is 0 Å². The smallest absolute Gasteiger partial charge is 0.258 e. The van der Waals surface area contributed by atoms with Gasteiger partial charge >= 0.3 is 0 Å². The molecule has 0 spiro atoms. The summed E-state index contributed by atoms with van der Waals surface area (Å²) in [4.78, 5) is 27.1. The summed E-state index contributed by atoms with van der Waals surface area (Å²) in [5.41, 5.74) is 1.60. The largest absolute Gasteiger partial charge is 0.277 e. The highest BCUT2D eigenvalue weighted by Crippen LogP contribution is 2.42. The molecule has 4 aromatic carbocycles. The summed E-state index contributed by atoms with van der Waals surface area (Å²) in [7, 11) is -4.16. The van der Waals surface area contributed by atoms with Crippen LogP contribution >= 0.6 is 0 Å². The standard InChI is InChI=1S/C29H18N4O6S/c34-32(35)26-12-6-4-10-21(26)19-14-15-25-24(18-19)28-23(22-11-5-7-13-27(22)33(36)37)16-17-30-29(28)31(25)40(38,39)20-8-2-1-3-9-20/h1-18H. The van der Waals surface area contributed by atoms with Gasteiger partial charge in [0, 0.05) is 34.7 Å². The van der Waals surface area contributed by atoms with Crippen molar-refractivity contribution >= 4 is 43.3 Å². The topological polar surface area (TPSA) is 138 Å². The van der Waals surface area contributed by atoms with Gasteiger partial charge in [-0.15, -0.1) is 0 Å². The highest BCUT2D eigenvalue weighted by molar-refractivity contribution is 7.90. The van der Waals surface area contributed by atoms with E-state index in [0.717, 1.165) is 3.97 Å². The molecule has 11 heteroatoms. The van der Waals surface area contributed by atoms with Crippen molar-refractivity contribution < 1.29 is 18.3 Å². The van der Waals surface area contributed by atoms with E-state index in [0.29, 0.717) is 27.5 Å². The van der Waals surface area contributed by atoms with E-state index < -0.39 is 19.9 Å². The first kappa shape index (κ1) is 24.9. The van der Waals surface area contributed by atoms with Gasteiger partial charge in [-0.3, -0.25) is 20.2 Å². The van der Waals surface area contributed by atoms with E-state index in [-0.39, 0.29) is 33.0 Å². The number of nitro benzene ring substituents is 2. The number of fused-ring (bicyclic) bond motifs is 3. The average molecular weight is 551 g/mol. The fourth-order valence-electron chi connectivity index (χ4n) is 4.97. The highest BCUT2D eigenvalue weighted by Gasteiger charge is 2.28. The summed E-state index contributed by atoms with van der Waals surface area (Å²) in [6.07, 6.45) is 1.41. The summed E-state index contributed by atoms with van der Waals surface area (Å²) in [6, 6.07) is 26.7. The van der Waals surface area contributed by atoms with Crippen molar-refractivity contribution in [2.45, 2.75) is 4.90 Å². The van der Waals surface area contributed by atoms with Crippen molar-refractivity contribution in [1.82, 2.24) is 8.96 Å². The molecular formula is C29H18N4O6S. The lowest BCUT2D eigenvalue weighted by atomic mass is 9.97.